The summed E-state index contributed by atoms with van der Waals surface area (Å²) in [6.07, 6.45) is 1.94. The fraction of sp³-hybridized carbons (Fsp3) is 0.0870. The second-order valence-corrected chi connectivity index (χ2v) is 6.28. The summed E-state index contributed by atoms with van der Waals surface area (Å²) in [5.41, 5.74) is 4.76. The maximum atomic E-state index is 12.5. The Morgan fingerprint density at radius 3 is 2.35 bits per heavy atom. The van der Waals surface area contributed by atoms with E-state index in [1.165, 1.54) is 0 Å². The SMILES string of the molecule is CN1C(=O)C(=Cc2ccc(OCc3ccccc3)cc2)c2ccccc21. The molecule has 1 aliphatic heterocycles. The van der Waals surface area contributed by atoms with E-state index in [0.717, 1.165) is 33.7 Å². The quantitative estimate of drug-likeness (QED) is 0.639. The summed E-state index contributed by atoms with van der Waals surface area (Å²) in [6, 6.07) is 25.8. The summed E-state index contributed by atoms with van der Waals surface area (Å²) in [5.74, 6) is 0.835. The summed E-state index contributed by atoms with van der Waals surface area (Å²) >= 11 is 0. The van der Waals surface area contributed by atoms with Gasteiger partial charge in [0.2, 0.25) is 0 Å². The molecule has 128 valence electrons. The number of anilines is 1. The van der Waals surface area contributed by atoms with Crippen LogP contribution in [0.2, 0.25) is 0 Å². The minimum atomic E-state index is 0.0237. The van der Waals surface area contributed by atoms with E-state index in [4.69, 9.17) is 4.74 Å². The lowest BCUT2D eigenvalue weighted by molar-refractivity contribution is -0.112. The summed E-state index contributed by atoms with van der Waals surface area (Å²) in [6.45, 7) is 0.540. The van der Waals surface area contributed by atoms with Crippen LogP contribution in [0.3, 0.4) is 0 Å². The standard InChI is InChI=1S/C23H19NO2/c1-24-22-10-6-5-9-20(22)21(23(24)25)15-17-11-13-19(14-12-17)26-16-18-7-3-2-4-8-18/h2-15H,16H2,1H3. The fourth-order valence-corrected chi connectivity index (χ4v) is 3.11. The first-order valence-electron chi connectivity index (χ1n) is 8.58. The third-order valence-electron chi connectivity index (χ3n) is 4.53. The average molecular weight is 341 g/mol. The third kappa shape index (κ3) is 3.11. The van der Waals surface area contributed by atoms with Crippen LogP contribution < -0.4 is 9.64 Å². The number of hydrogen-bond donors (Lipinski definition) is 0. The maximum absolute atomic E-state index is 12.5. The lowest BCUT2D eigenvalue weighted by Crippen LogP contribution is -2.20. The number of carbonyl (C=O) groups excluding carboxylic acids is 1. The maximum Gasteiger partial charge on any atom is 0.258 e. The van der Waals surface area contributed by atoms with Gasteiger partial charge in [-0.1, -0.05) is 60.7 Å². The van der Waals surface area contributed by atoms with Gasteiger partial charge in [0.25, 0.3) is 5.91 Å². The molecule has 0 spiro atoms. The zero-order valence-electron chi connectivity index (χ0n) is 14.6. The number of para-hydroxylation sites is 1. The van der Waals surface area contributed by atoms with E-state index in [9.17, 15) is 4.79 Å². The normalized spacial score (nSPS) is 14.6. The van der Waals surface area contributed by atoms with Crippen LogP contribution >= 0.6 is 0 Å². The number of amides is 1. The van der Waals surface area contributed by atoms with Crippen LogP contribution in [0.25, 0.3) is 11.6 Å². The molecule has 26 heavy (non-hydrogen) atoms. The lowest BCUT2D eigenvalue weighted by atomic mass is 10.0. The molecule has 0 aliphatic carbocycles. The Hall–Kier alpha value is -3.33. The average Bonchev–Trinajstić information content (AvgIpc) is 2.93. The number of fused-ring (bicyclic) bond motifs is 1. The summed E-state index contributed by atoms with van der Waals surface area (Å²) in [7, 11) is 1.81. The van der Waals surface area contributed by atoms with Gasteiger partial charge >= 0.3 is 0 Å². The Bertz CT molecular complexity index is 959. The number of nitrogens with zero attached hydrogens (tertiary/aromatic N) is 1. The van der Waals surface area contributed by atoms with Crippen LogP contribution in [0.15, 0.2) is 78.9 Å². The van der Waals surface area contributed by atoms with Gasteiger partial charge < -0.3 is 9.64 Å². The van der Waals surface area contributed by atoms with Gasteiger partial charge in [-0.2, -0.15) is 0 Å². The van der Waals surface area contributed by atoms with Crippen molar-refractivity contribution in [2.75, 3.05) is 11.9 Å². The number of benzene rings is 3. The first-order valence-corrected chi connectivity index (χ1v) is 8.58. The fourth-order valence-electron chi connectivity index (χ4n) is 3.11. The van der Waals surface area contributed by atoms with Crippen molar-refractivity contribution in [2.24, 2.45) is 0 Å². The van der Waals surface area contributed by atoms with Gasteiger partial charge in [0.05, 0.1) is 5.69 Å². The summed E-state index contributed by atoms with van der Waals surface area (Å²) < 4.78 is 5.82. The predicted octanol–water partition coefficient (Wildman–Crippen LogP) is 4.78. The molecule has 3 heteroatoms. The van der Waals surface area contributed by atoms with Gasteiger partial charge in [-0.3, -0.25) is 4.79 Å². The van der Waals surface area contributed by atoms with Crippen LogP contribution in [-0.2, 0) is 11.4 Å². The molecule has 1 aliphatic rings. The van der Waals surface area contributed by atoms with E-state index in [1.54, 1.807) is 4.90 Å². The third-order valence-corrected chi connectivity index (χ3v) is 4.53. The highest BCUT2D eigenvalue weighted by Gasteiger charge is 2.28. The molecule has 3 aromatic rings. The zero-order chi connectivity index (χ0) is 17.9. The van der Waals surface area contributed by atoms with Crippen LogP contribution in [0.1, 0.15) is 16.7 Å². The van der Waals surface area contributed by atoms with Gasteiger partial charge in [-0.25, -0.2) is 0 Å². The van der Waals surface area contributed by atoms with Crippen molar-refractivity contribution >= 4 is 23.2 Å². The molecule has 0 unspecified atom stereocenters. The van der Waals surface area contributed by atoms with Crippen LogP contribution in [0, 0.1) is 0 Å². The number of likely N-dealkylation sites (N-methyl/N-ethyl adjacent to an activating group) is 1. The molecule has 0 saturated carbocycles. The van der Waals surface area contributed by atoms with Crippen LogP contribution in [0.5, 0.6) is 5.75 Å². The van der Waals surface area contributed by atoms with E-state index in [2.05, 4.69) is 0 Å². The highest BCUT2D eigenvalue weighted by molar-refractivity contribution is 6.35. The van der Waals surface area contributed by atoms with Gasteiger partial charge in [0.15, 0.2) is 0 Å². The van der Waals surface area contributed by atoms with Crippen molar-refractivity contribution in [1.29, 1.82) is 0 Å². The smallest absolute Gasteiger partial charge is 0.258 e. The topological polar surface area (TPSA) is 29.5 Å². The monoisotopic (exact) mass is 341 g/mol. The molecule has 3 aromatic carbocycles. The Morgan fingerprint density at radius 1 is 0.885 bits per heavy atom. The molecule has 0 radical (unpaired) electrons. The largest absolute Gasteiger partial charge is 0.489 e. The second-order valence-electron chi connectivity index (χ2n) is 6.28. The van der Waals surface area contributed by atoms with Gasteiger partial charge in [0.1, 0.15) is 12.4 Å². The van der Waals surface area contributed by atoms with Crippen molar-refractivity contribution in [3.63, 3.8) is 0 Å². The molecule has 1 heterocycles. The van der Waals surface area contributed by atoms with Crippen molar-refractivity contribution in [3.8, 4) is 5.75 Å². The predicted molar refractivity (Wildman–Crippen MR) is 105 cm³/mol. The van der Waals surface area contributed by atoms with Crippen molar-refractivity contribution in [1.82, 2.24) is 0 Å². The molecule has 4 rings (SSSR count). The van der Waals surface area contributed by atoms with Crippen molar-refractivity contribution < 1.29 is 9.53 Å². The Morgan fingerprint density at radius 2 is 1.58 bits per heavy atom. The summed E-state index contributed by atoms with van der Waals surface area (Å²) in [4.78, 5) is 14.2. The van der Waals surface area contributed by atoms with E-state index < -0.39 is 0 Å². The first-order chi connectivity index (χ1) is 12.7. The Balaban J connectivity index is 1.52. The van der Waals surface area contributed by atoms with Crippen molar-refractivity contribution in [3.05, 3.63) is 95.6 Å². The molecule has 0 N–H and O–H groups in total. The number of ether oxygens (including phenoxy) is 1. The molecule has 1 amide bonds. The minimum Gasteiger partial charge on any atom is -0.489 e. The first kappa shape index (κ1) is 16.2. The molecule has 0 atom stereocenters. The summed E-state index contributed by atoms with van der Waals surface area (Å²) in [5, 5.41) is 0. The molecule has 3 nitrogen and oxygen atoms in total. The molecule has 0 saturated heterocycles. The highest BCUT2D eigenvalue weighted by atomic mass is 16.5. The molecule has 0 aromatic heterocycles. The minimum absolute atomic E-state index is 0.0237. The number of rotatable bonds is 4. The Labute approximate surface area is 153 Å². The number of carbonyl (C=O) groups is 1. The van der Waals surface area contributed by atoms with Gasteiger partial charge in [-0.15, -0.1) is 0 Å². The van der Waals surface area contributed by atoms with E-state index in [0.29, 0.717) is 6.61 Å². The molecule has 0 bridgehead atoms. The second kappa shape index (κ2) is 6.89. The molecular weight excluding hydrogens is 322 g/mol. The number of hydrogen-bond acceptors (Lipinski definition) is 2. The van der Waals surface area contributed by atoms with E-state index in [-0.39, 0.29) is 5.91 Å². The van der Waals surface area contributed by atoms with Gasteiger partial charge in [-0.05, 0) is 35.4 Å². The van der Waals surface area contributed by atoms with E-state index >= 15 is 0 Å². The molecule has 0 fully saturated rings. The van der Waals surface area contributed by atoms with Crippen LogP contribution in [-0.4, -0.2) is 13.0 Å². The Kier molecular flexibility index (Phi) is 4.28. The van der Waals surface area contributed by atoms with Gasteiger partial charge in [0, 0.05) is 18.2 Å². The lowest BCUT2D eigenvalue weighted by Gasteiger charge is -2.08. The van der Waals surface area contributed by atoms with E-state index in [1.807, 2.05) is 92.0 Å². The molecular formula is C23H19NO2. The highest BCUT2D eigenvalue weighted by Crippen LogP contribution is 2.36. The van der Waals surface area contributed by atoms with Crippen LogP contribution in [0.4, 0.5) is 5.69 Å². The van der Waals surface area contributed by atoms with Crippen molar-refractivity contribution in [2.45, 2.75) is 6.61 Å². The zero-order valence-corrected chi connectivity index (χ0v) is 14.6.